The molecule has 0 bridgehead atoms. The predicted molar refractivity (Wildman–Crippen MR) is 52.6 cm³/mol. The van der Waals surface area contributed by atoms with Crippen LogP contribution in [0.3, 0.4) is 0 Å². The van der Waals surface area contributed by atoms with Gasteiger partial charge in [-0.25, -0.2) is 0 Å². The number of alkyl halides is 1. The number of benzene rings is 1. The first-order chi connectivity index (χ1) is 6.06. The van der Waals surface area contributed by atoms with E-state index in [0.717, 1.165) is 5.56 Å². The van der Waals surface area contributed by atoms with Gasteiger partial charge in [-0.05, 0) is 31.5 Å². The molecule has 0 fully saturated rings. The summed E-state index contributed by atoms with van der Waals surface area (Å²) in [5, 5.41) is 9.43. The fourth-order valence-corrected chi connectivity index (χ4v) is 1.35. The van der Waals surface area contributed by atoms with Crippen LogP contribution in [0.2, 0.25) is 0 Å². The molecule has 0 aliphatic carbocycles. The van der Waals surface area contributed by atoms with Crippen LogP contribution in [0.25, 0.3) is 0 Å². The number of phenolic OH excluding ortho intramolecular Hbond substituents is 1. The van der Waals surface area contributed by atoms with E-state index in [1.165, 1.54) is 0 Å². The van der Waals surface area contributed by atoms with Gasteiger partial charge >= 0.3 is 0 Å². The number of hydrogen-bond acceptors (Lipinski definition) is 2. The summed E-state index contributed by atoms with van der Waals surface area (Å²) in [7, 11) is 0. The standard InChI is InChI=1S/C10H11ClO2/c1-6-3-8(10(13)5-11)7(2)9(12)4-6/h3-4,12H,5H2,1-2H3. The average Bonchev–Trinajstić information content (AvgIpc) is 2.10. The molecule has 0 unspecified atom stereocenters. The van der Waals surface area contributed by atoms with E-state index in [0.29, 0.717) is 11.1 Å². The third-order valence-electron chi connectivity index (χ3n) is 1.95. The maximum absolute atomic E-state index is 11.3. The lowest BCUT2D eigenvalue weighted by Gasteiger charge is -2.06. The van der Waals surface area contributed by atoms with Crippen LogP contribution in [0.15, 0.2) is 12.1 Å². The first-order valence-corrected chi connectivity index (χ1v) is 4.49. The van der Waals surface area contributed by atoms with E-state index in [-0.39, 0.29) is 17.4 Å². The largest absolute Gasteiger partial charge is 0.508 e. The number of ketones is 1. The van der Waals surface area contributed by atoms with Gasteiger partial charge in [-0.2, -0.15) is 0 Å². The number of carbonyl (C=O) groups excluding carboxylic acids is 1. The molecule has 0 radical (unpaired) electrons. The Kier molecular flexibility index (Phi) is 2.94. The van der Waals surface area contributed by atoms with Gasteiger partial charge in [0.2, 0.25) is 0 Å². The number of rotatable bonds is 2. The number of carbonyl (C=O) groups is 1. The van der Waals surface area contributed by atoms with E-state index < -0.39 is 0 Å². The zero-order chi connectivity index (χ0) is 10.0. The molecular weight excluding hydrogens is 188 g/mol. The van der Waals surface area contributed by atoms with Crippen molar-refractivity contribution in [3.63, 3.8) is 0 Å². The second-order valence-corrected chi connectivity index (χ2v) is 3.28. The average molecular weight is 199 g/mol. The van der Waals surface area contributed by atoms with Crippen LogP contribution in [-0.4, -0.2) is 16.8 Å². The molecule has 1 aromatic carbocycles. The van der Waals surface area contributed by atoms with Crippen LogP contribution in [0, 0.1) is 13.8 Å². The van der Waals surface area contributed by atoms with Crippen molar-refractivity contribution in [1.29, 1.82) is 0 Å². The summed E-state index contributed by atoms with van der Waals surface area (Å²) in [5.74, 6) is -0.0596. The molecule has 0 spiro atoms. The van der Waals surface area contributed by atoms with Crippen LogP contribution in [0.1, 0.15) is 21.5 Å². The molecule has 70 valence electrons. The summed E-state index contributed by atoms with van der Waals surface area (Å²) in [6, 6.07) is 3.36. The summed E-state index contributed by atoms with van der Waals surface area (Å²) in [6.45, 7) is 3.53. The smallest absolute Gasteiger partial charge is 0.177 e. The number of halogens is 1. The number of Topliss-reactive ketones (excluding diaryl/α,β-unsaturated/α-hetero) is 1. The minimum Gasteiger partial charge on any atom is -0.508 e. The SMILES string of the molecule is Cc1cc(O)c(C)c(C(=O)CCl)c1. The highest BCUT2D eigenvalue weighted by molar-refractivity contribution is 6.30. The topological polar surface area (TPSA) is 37.3 Å². The van der Waals surface area contributed by atoms with E-state index in [2.05, 4.69) is 0 Å². The summed E-state index contributed by atoms with van der Waals surface area (Å²) >= 11 is 5.43. The normalized spacial score (nSPS) is 10.1. The highest BCUT2D eigenvalue weighted by Crippen LogP contribution is 2.22. The summed E-state index contributed by atoms with van der Waals surface area (Å²) in [5.41, 5.74) is 1.96. The maximum atomic E-state index is 11.3. The second kappa shape index (κ2) is 3.79. The van der Waals surface area contributed by atoms with Gasteiger partial charge < -0.3 is 5.11 Å². The van der Waals surface area contributed by atoms with Crippen LogP contribution in [-0.2, 0) is 0 Å². The van der Waals surface area contributed by atoms with E-state index in [9.17, 15) is 9.90 Å². The number of aromatic hydroxyl groups is 1. The Morgan fingerprint density at radius 2 is 2.08 bits per heavy atom. The monoisotopic (exact) mass is 198 g/mol. The van der Waals surface area contributed by atoms with Crippen molar-refractivity contribution >= 4 is 17.4 Å². The van der Waals surface area contributed by atoms with Crippen molar-refractivity contribution in [2.75, 3.05) is 5.88 Å². The lowest BCUT2D eigenvalue weighted by molar-refractivity contribution is 0.102. The molecule has 0 amide bonds. The van der Waals surface area contributed by atoms with Crippen LogP contribution < -0.4 is 0 Å². The van der Waals surface area contributed by atoms with Gasteiger partial charge in [0.1, 0.15) is 5.75 Å². The molecule has 1 N–H and O–H groups in total. The lowest BCUT2D eigenvalue weighted by Crippen LogP contribution is -2.03. The van der Waals surface area contributed by atoms with Crippen molar-refractivity contribution < 1.29 is 9.90 Å². The van der Waals surface area contributed by atoms with Crippen molar-refractivity contribution in [3.8, 4) is 5.75 Å². The Hall–Kier alpha value is -1.02. The third-order valence-corrected chi connectivity index (χ3v) is 2.19. The second-order valence-electron chi connectivity index (χ2n) is 3.01. The summed E-state index contributed by atoms with van der Waals surface area (Å²) in [4.78, 5) is 11.3. The highest BCUT2D eigenvalue weighted by Gasteiger charge is 2.11. The zero-order valence-corrected chi connectivity index (χ0v) is 8.35. The van der Waals surface area contributed by atoms with Crippen LogP contribution >= 0.6 is 11.6 Å². The van der Waals surface area contributed by atoms with E-state index in [4.69, 9.17) is 11.6 Å². The summed E-state index contributed by atoms with van der Waals surface area (Å²) in [6.07, 6.45) is 0. The molecule has 1 rings (SSSR count). The third kappa shape index (κ3) is 2.01. The molecule has 3 heteroatoms. The molecule has 13 heavy (non-hydrogen) atoms. The molecule has 0 heterocycles. The minimum atomic E-state index is -0.154. The molecule has 0 saturated carbocycles. The lowest BCUT2D eigenvalue weighted by atomic mass is 10.0. The van der Waals surface area contributed by atoms with E-state index >= 15 is 0 Å². The van der Waals surface area contributed by atoms with Gasteiger partial charge in [0.05, 0.1) is 5.88 Å². The van der Waals surface area contributed by atoms with E-state index in [1.54, 1.807) is 19.1 Å². The van der Waals surface area contributed by atoms with E-state index in [1.807, 2.05) is 6.92 Å². The number of aryl methyl sites for hydroxylation is 1. The number of phenols is 1. The molecule has 0 aliphatic rings. The van der Waals surface area contributed by atoms with Crippen LogP contribution in [0.5, 0.6) is 5.75 Å². The molecule has 2 nitrogen and oxygen atoms in total. The first-order valence-electron chi connectivity index (χ1n) is 3.95. The highest BCUT2D eigenvalue weighted by atomic mass is 35.5. The first kappa shape index (κ1) is 10.1. The van der Waals surface area contributed by atoms with Gasteiger partial charge in [-0.3, -0.25) is 4.79 Å². The number of hydrogen-bond donors (Lipinski definition) is 1. The van der Waals surface area contributed by atoms with Crippen molar-refractivity contribution in [2.45, 2.75) is 13.8 Å². The Bertz CT molecular complexity index is 345. The molecular formula is C10H11ClO2. The minimum absolute atomic E-state index is 0.0519. The maximum Gasteiger partial charge on any atom is 0.177 e. The molecule has 0 aromatic heterocycles. The predicted octanol–water partition coefficient (Wildman–Crippen LogP) is 2.43. The Morgan fingerprint density at radius 3 is 2.62 bits per heavy atom. The van der Waals surface area contributed by atoms with Crippen LogP contribution in [0.4, 0.5) is 0 Å². The van der Waals surface area contributed by atoms with Gasteiger partial charge in [0.15, 0.2) is 5.78 Å². The fourth-order valence-electron chi connectivity index (χ4n) is 1.20. The van der Waals surface area contributed by atoms with Crippen molar-refractivity contribution in [3.05, 3.63) is 28.8 Å². The van der Waals surface area contributed by atoms with Gasteiger partial charge in [0.25, 0.3) is 0 Å². The molecule has 1 aromatic rings. The Labute approximate surface area is 82.2 Å². The summed E-state index contributed by atoms with van der Waals surface area (Å²) < 4.78 is 0. The molecule has 0 atom stereocenters. The van der Waals surface area contributed by atoms with Gasteiger partial charge in [-0.1, -0.05) is 0 Å². The van der Waals surface area contributed by atoms with Crippen molar-refractivity contribution in [2.24, 2.45) is 0 Å². The molecule has 0 aliphatic heterocycles. The fraction of sp³-hybridized carbons (Fsp3) is 0.300. The Morgan fingerprint density at radius 1 is 1.46 bits per heavy atom. The quantitative estimate of drug-likeness (QED) is 0.586. The molecule has 0 saturated heterocycles. The van der Waals surface area contributed by atoms with Gasteiger partial charge in [0, 0.05) is 11.1 Å². The van der Waals surface area contributed by atoms with Gasteiger partial charge in [-0.15, -0.1) is 11.6 Å². The Balaban J connectivity index is 3.28. The van der Waals surface area contributed by atoms with Crippen molar-refractivity contribution in [1.82, 2.24) is 0 Å². The zero-order valence-electron chi connectivity index (χ0n) is 7.60.